The lowest BCUT2D eigenvalue weighted by molar-refractivity contribution is 0.278. The summed E-state index contributed by atoms with van der Waals surface area (Å²) < 4.78 is 13.2. The molecule has 0 saturated heterocycles. The van der Waals surface area contributed by atoms with Gasteiger partial charge in [0.15, 0.2) is 5.75 Å². The highest BCUT2D eigenvalue weighted by atomic mass is 16.5. The highest BCUT2D eigenvalue weighted by molar-refractivity contribution is 5.90. The monoisotopic (exact) mass is 316 g/mol. The number of nitrogen functional groups attached to an aromatic ring is 1. The van der Waals surface area contributed by atoms with Crippen LogP contribution >= 0.6 is 0 Å². The van der Waals surface area contributed by atoms with E-state index in [2.05, 4.69) is 13.5 Å². The van der Waals surface area contributed by atoms with Crippen LogP contribution in [-0.2, 0) is 6.54 Å². The maximum atomic E-state index is 12.8. The Morgan fingerprint density at radius 1 is 1.26 bits per heavy atom. The summed E-state index contributed by atoms with van der Waals surface area (Å²) in [6.07, 6.45) is 3.53. The molecular weight excluding hydrogens is 292 g/mol. The normalized spacial score (nSPS) is 10.7. The molecule has 1 heterocycles. The Bertz CT molecular complexity index is 750. The third kappa shape index (κ3) is 3.50. The fourth-order valence-electron chi connectivity index (χ4n) is 2.46. The van der Waals surface area contributed by atoms with Gasteiger partial charge in [-0.2, -0.15) is 0 Å². The summed E-state index contributed by atoms with van der Waals surface area (Å²) in [6, 6.07) is 5.47. The van der Waals surface area contributed by atoms with Crippen molar-refractivity contribution in [3.05, 3.63) is 41.2 Å². The number of benzene rings is 1. The number of nitrogens with zero attached hydrogens (tertiary/aromatic N) is 1. The molecule has 0 saturated carbocycles. The zero-order valence-electron chi connectivity index (χ0n) is 13.8. The van der Waals surface area contributed by atoms with Gasteiger partial charge < -0.3 is 19.8 Å². The van der Waals surface area contributed by atoms with Gasteiger partial charge in [-0.25, -0.2) is 0 Å². The minimum atomic E-state index is -0.209. The number of anilines is 1. The largest absolute Gasteiger partial charge is 0.489 e. The van der Waals surface area contributed by atoms with Crippen molar-refractivity contribution in [1.82, 2.24) is 4.57 Å². The molecule has 0 aliphatic rings. The number of aryl methyl sites for hydroxylation is 1. The van der Waals surface area contributed by atoms with Gasteiger partial charge in [-0.1, -0.05) is 26.0 Å². The lowest BCUT2D eigenvalue weighted by atomic mass is 10.1. The molecule has 2 rings (SSSR count). The summed E-state index contributed by atoms with van der Waals surface area (Å²) in [5, 5.41) is 0.829. The van der Waals surface area contributed by atoms with Crippen LogP contribution in [0.1, 0.15) is 26.7 Å². The van der Waals surface area contributed by atoms with Crippen molar-refractivity contribution < 1.29 is 9.47 Å². The Hall–Kier alpha value is -2.43. The molecule has 0 unspecified atom stereocenters. The lowest BCUT2D eigenvalue weighted by Crippen LogP contribution is -2.23. The molecule has 5 heteroatoms. The number of hydrogen-bond donors (Lipinski definition) is 1. The average Bonchev–Trinajstić information content (AvgIpc) is 2.54. The van der Waals surface area contributed by atoms with Crippen LogP contribution in [0.2, 0.25) is 0 Å². The number of pyridine rings is 1. The number of nitrogens with two attached hydrogens (primary N) is 1. The number of ether oxygens (including phenoxy) is 2. The summed E-state index contributed by atoms with van der Waals surface area (Å²) in [5.41, 5.74) is 7.05. The minimum Gasteiger partial charge on any atom is -0.489 e. The van der Waals surface area contributed by atoms with E-state index in [1.807, 2.05) is 13.0 Å². The number of rotatable bonds is 8. The summed E-state index contributed by atoms with van der Waals surface area (Å²) in [6.45, 7) is 8.96. The van der Waals surface area contributed by atoms with E-state index in [0.717, 1.165) is 23.7 Å². The first kappa shape index (κ1) is 16.9. The van der Waals surface area contributed by atoms with Gasteiger partial charge >= 0.3 is 0 Å². The Morgan fingerprint density at radius 3 is 2.70 bits per heavy atom. The maximum absolute atomic E-state index is 12.8. The van der Waals surface area contributed by atoms with Crippen molar-refractivity contribution in [2.45, 2.75) is 33.2 Å². The predicted octanol–water partition coefficient (Wildman–Crippen LogP) is 3.35. The fraction of sp³-hybridized carbons (Fsp3) is 0.389. The van der Waals surface area contributed by atoms with Gasteiger partial charge in [0.1, 0.15) is 6.61 Å². The van der Waals surface area contributed by atoms with Crippen LogP contribution in [-0.4, -0.2) is 17.8 Å². The van der Waals surface area contributed by atoms with E-state index in [1.165, 1.54) is 0 Å². The summed E-state index contributed by atoms with van der Waals surface area (Å²) in [4.78, 5) is 12.8. The summed E-state index contributed by atoms with van der Waals surface area (Å²) >= 11 is 0. The quantitative estimate of drug-likeness (QED) is 0.461. The molecule has 0 aliphatic carbocycles. The lowest BCUT2D eigenvalue weighted by Gasteiger charge is -2.17. The highest BCUT2D eigenvalue weighted by Crippen LogP contribution is 2.34. The molecule has 5 nitrogen and oxygen atoms in total. The maximum Gasteiger partial charge on any atom is 0.297 e. The van der Waals surface area contributed by atoms with Gasteiger partial charge in [0.25, 0.3) is 5.56 Å². The number of aromatic nitrogens is 1. The number of fused-ring (bicyclic) bond motifs is 1. The SMILES string of the molecule is C=CCOc1c(OCCCC)c2ccc(N)cc2n(CC)c1=O. The molecule has 0 bridgehead atoms. The Balaban J connectivity index is 2.69. The van der Waals surface area contributed by atoms with Crippen molar-refractivity contribution in [2.75, 3.05) is 18.9 Å². The van der Waals surface area contributed by atoms with Crippen molar-refractivity contribution in [2.24, 2.45) is 0 Å². The van der Waals surface area contributed by atoms with Crippen molar-refractivity contribution >= 4 is 16.6 Å². The number of unbranched alkanes of at least 4 members (excludes halogenated alkanes) is 1. The second-order valence-electron chi connectivity index (χ2n) is 5.29. The van der Waals surface area contributed by atoms with E-state index < -0.39 is 0 Å². The average molecular weight is 316 g/mol. The van der Waals surface area contributed by atoms with E-state index in [4.69, 9.17) is 15.2 Å². The topological polar surface area (TPSA) is 66.5 Å². The highest BCUT2D eigenvalue weighted by Gasteiger charge is 2.19. The smallest absolute Gasteiger partial charge is 0.297 e. The fourth-order valence-corrected chi connectivity index (χ4v) is 2.46. The van der Waals surface area contributed by atoms with Crippen LogP contribution in [0, 0.1) is 0 Å². The van der Waals surface area contributed by atoms with Gasteiger partial charge in [-0.15, -0.1) is 0 Å². The molecule has 23 heavy (non-hydrogen) atoms. The summed E-state index contributed by atoms with van der Waals surface area (Å²) in [7, 11) is 0. The molecule has 0 atom stereocenters. The van der Waals surface area contributed by atoms with Crippen LogP contribution in [0.5, 0.6) is 11.5 Å². The molecule has 1 aromatic carbocycles. The molecule has 0 aliphatic heterocycles. The van der Waals surface area contributed by atoms with Crippen LogP contribution in [0.4, 0.5) is 5.69 Å². The molecule has 0 amide bonds. The zero-order chi connectivity index (χ0) is 16.8. The first-order chi connectivity index (χ1) is 11.1. The standard InChI is InChI=1S/C18H24N2O3/c1-4-7-11-23-16-14-9-8-13(19)12-15(14)20(6-3)18(21)17(16)22-10-5-2/h5,8-9,12H,2,4,6-7,10-11,19H2,1,3H3. The van der Waals surface area contributed by atoms with Gasteiger partial charge in [0, 0.05) is 17.6 Å². The third-order valence-corrected chi connectivity index (χ3v) is 3.61. The molecule has 1 aromatic heterocycles. The van der Waals surface area contributed by atoms with E-state index >= 15 is 0 Å². The molecular formula is C18H24N2O3. The van der Waals surface area contributed by atoms with E-state index in [0.29, 0.717) is 24.6 Å². The molecule has 124 valence electrons. The van der Waals surface area contributed by atoms with Gasteiger partial charge in [-0.05, 0) is 31.5 Å². The first-order valence-corrected chi connectivity index (χ1v) is 7.96. The second-order valence-corrected chi connectivity index (χ2v) is 5.29. The van der Waals surface area contributed by atoms with Gasteiger partial charge in [-0.3, -0.25) is 4.79 Å². The molecule has 0 spiro atoms. The van der Waals surface area contributed by atoms with Crippen LogP contribution in [0.15, 0.2) is 35.6 Å². The Labute approximate surface area is 136 Å². The molecule has 2 aromatic rings. The van der Waals surface area contributed by atoms with E-state index in [9.17, 15) is 4.79 Å². The van der Waals surface area contributed by atoms with E-state index in [1.54, 1.807) is 22.8 Å². The zero-order valence-corrected chi connectivity index (χ0v) is 13.8. The van der Waals surface area contributed by atoms with E-state index in [-0.39, 0.29) is 17.9 Å². The van der Waals surface area contributed by atoms with Crippen molar-refractivity contribution in [3.63, 3.8) is 0 Å². The van der Waals surface area contributed by atoms with Crippen LogP contribution < -0.4 is 20.8 Å². The Kier molecular flexibility index (Phi) is 5.68. The number of hydrogen-bond acceptors (Lipinski definition) is 4. The van der Waals surface area contributed by atoms with Gasteiger partial charge in [0.2, 0.25) is 5.75 Å². The molecule has 0 radical (unpaired) electrons. The van der Waals surface area contributed by atoms with Crippen LogP contribution in [0.25, 0.3) is 10.9 Å². The van der Waals surface area contributed by atoms with Crippen LogP contribution in [0.3, 0.4) is 0 Å². The molecule has 0 fully saturated rings. The van der Waals surface area contributed by atoms with Crippen molar-refractivity contribution in [3.8, 4) is 11.5 Å². The third-order valence-electron chi connectivity index (χ3n) is 3.61. The molecule has 2 N–H and O–H groups in total. The van der Waals surface area contributed by atoms with Gasteiger partial charge in [0.05, 0.1) is 12.1 Å². The first-order valence-electron chi connectivity index (χ1n) is 7.96. The van der Waals surface area contributed by atoms with Crippen molar-refractivity contribution in [1.29, 1.82) is 0 Å². The minimum absolute atomic E-state index is 0.209. The second kappa shape index (κ2) is 7.72. The summed E-state index contributed by atoms with van der Waals surface area (Å²) in [5.74, 6) is 0.727. The predicted molar refractivity (Wildman–Crippen MR) is 94.4 cm³/mol. The Morgan fingerprint density at radius 2 is 2.04 bits per heavy atom.